The van der Waals surface area contributed by atoms with Gasteiger partial charge in [-0.15, -0.1) is 0 Å². The molecule has 5 heteroatoms. The summed E-state index contributed by atoms with van der Waals surface area (Å²) in [6, 6.07) is 3.88. The fourth-order valence-electron chi connectivity index (χ4n) is 2.14. The van der Waals surface area contributed by atoms with Crippen molar-refractivity contribution >= 4 is 0 Å². The molecular formula is C14H20N4O. The number of methoxy groups -OCH3 is 1. The first-order chi connectivity index (χ1) is 9.15. The summed E-state index contributed by atoms with van der Waals surface area (Å²) in [6.45, 7) is 2.10. The quantitative estimate of drug-likeness (QED) is 0.887. The molecule has 0 aliphatic carbocycles. The topological polar surface area (TPSA) is 66.0 Å². The summed E-state index contributed by atoms with van der Waals surface area (Å²) < 4.78 is 7.19. The Morgan fingerprint density at radius 1 is 1.47 bits per heavy atom. The predicted molar refractivity (Wildman–Crippen MR) is 74.0 cm³/mol. The molecule has 19 heavy (non-hydrogen) atoms. The Hall–Kier alpha value is -1.88. The van der Waals surface area contributed by atoms with Crippen molar-refractivity contribution in [3.63, 3.8) is 0 Å². The lowest BCUT2D eigenvalue weighted by Crippen LogP contribution is -2.16. The maximum absolute atomic E-state index is 6.27. The molecule has 0 saturated carbocycles. The van der Waals surface area contributed by atoms with Crippen LogP contribution in [0.1, 0.15) is 29.9 Å². The fraction of sp³-hybridized carbons (Fsp3) is 0.429. The molecule has 0 spiro atoms. The van der Waals surface area contributed by atoms with E-state index in [9.17, 15) is 0 Å². The van der Waals surface area contributed by atoms with Crippen molar-refractivity contribution in [2.45, 2.75) is 25.8 Å². The lowest BCUT2D eigenvalue weighted by atomic mass is 10.0. The highest BCUT2D eigenvalue weighted by Crippen LogP contribution is 2.24. The van der Waals surface area contributed by atoms with Crippen LogP contribution < -0.4 is 10.5 Å². The minimum Gasteiger partial charge on any atom is -0.495 e. The molecule has 0 bridgehead atoms. The summed E-state index contributed by atoms with van der Waals surface area (Å²) in [6.07, 6.45) is 5.08. The van der Waals surface area contributed by atoms with E-state index in [0.29, 0.717) is 0 Å². The molecule has 0 aliphatic heterocycles. The van der Waals surface area contributed by atoms with Crippen molar-refractivity contribution in [3.8, 4) is 5.75 Å². The Morgan fingerprint density at radius 3 is 2.89 bits per heavy atom. The Kier molecular flexibility index (Phi) is 4.16. The van der Waals surface area contributed by atoms with Crippen LogP contribution >= 0.6 is 0 Å². The Bertz CT molecular complexity index is 550. The standard InChI is InChI=1S/C14H20N4O/c1-4-10-7-11(18(2)17-10)8-13(15)12-5-6-16-9-14(12)19-3/h5-7,9,13H,4,8,15H2,1-3H3. The fourth-order valence-corrected chi connectivity index (χ4v) is 2.14. The van der Waals surface area contributed by atoms with Crippen LogP contribution in [0.5, 0.6) is 5.75 Å². The van der Waals surface area contributed by atoms with Crippen LogP contribution in [0.2, 0.25) is 0 Å². The highest BCUT2D eigenvalue weighted by molar-refractivity contribution is 5.33. The molecule has 0 aliphatic rings. The molecule has 1 atom stereocenters. The lowest BCUT2D eigenvalue weighted by molar-refractivity contribution is 0.403. The van der Waals surface area contributed by atoms with E-state index < -0.39 is 0 Å². The SMILES string of the molecule is CCc1cc(CC(N)c2ccncc2OC)n(C)n1. The zero-order chi connectivity index (χ0) is 13.8. The first kappa shape index (κ1) is 13.5. The average Bonchev–Trinajstić information content (AvgIpc) is 2.79. The highest BCUT2D eigenvalue weighted by atomic mass is 16.5. The van der Waals surface area contributed by atoms with Crippen LogP contribution in [0.3, 0.4) is 0 Å². The molecule has 0 radical (unpaired) electrons. The molecular weight excluding hydrogens is 240 g/mol. The summed E-state index contributed by atoms with van der Waals surface area (Å²) in [5.74, 6) is 0.730. The predicted octanol–water partition coefficient (Wildman–Crippen LogP) is 1.63. The van der Waals surface area contributed by atoms with Gasteiger partial charge in [-0.3, -0.25) is 9.67 Å². The van der Waals surface area contributed by atoms with Gasteiger partial charge in [0.25, 0.3) is 0 Å². The normalized spacial score (nSPS) is 12.4. The molecule has 2 aromatic rings. The third kappa shape index (κ3) is 2.93. The number of rotatable bonds is 5. The number of hydrogen-bond donors (Lipinski definition) is 1. The van der Waals surface area contributed by atoms with Gasteiger partial charge in [-0.05, 0) is 18.6 Å². The lowest BCUT2D eigenvalue weighted by Gasteiger charge is -2.15. The van der Waals surface area contributed by atoms with Gasteiger partial charge in [-0.2, -0.15) is 5.10 Å². The number of aromatic nitrogens is 3. The van der Waals surface area contributed by atoms with Crippen LogP contribution in [0.25, 0.3) is 0 Å². The molecule has 5 nitrogen and oxygen atoms in total. The molecule has 0 aromatic carbocycles. The molecule has 1 unspecified atom stereocenters. The largest absolute Gasteiger partial charge is 0.495 e. The van der Waals surface area contributed by atoms with Crippen LogP contribution in [-0.2, 0) is 19.9 Å². The molecule has 2 heterocycles. The summed E-state index contributed by atoms with van der Waals surface area (Å²) in [4.78, 5) is 4.04. The van der Waals surface area contributed by atoms with E-state index in [-0.39, 0.29) is 6.04 Å². The van der Waals surface area contributed by atoms with Crippen molar-refractivity contribution in [1.82, 2.24) is 14.8 Å². The summed E-state index contributed by atoms with van der Waals surface area (Å²) in [7, 11) is 3.58. The van der Waals surface area contributed by atoms with Crippen molar-refractivity contribution in [1.29, 1.82) is 0 Å². The first-order valence-corrected chi connectivity index (χ1v) is 6.41. The van der Waals surface area contributed by atoms with Gasteiger partial charge in [-0.1, -0.05) is 6.92 Å². The summed E-state index contributed by atoms with van der Waals surface area (Å²) in [5.41, 5.74) is 9.46. The van der Waals surface area contributed by atoms with Crippen molar-refractivity contribution in [3.05, 3.63) is 41.5 Å². The Labute approximate surface area is 113 Å². The Balaban J connectivity index is 2.20. The molecule has 2 N–H and O–H groups in total. The van der Waals surface area contributed by atoms with Gasteiger partial charge in [0.2, 0.25) is 0 Å². The first-order valence-electron chi connectivity index (χ1n) is 6.41. The van der Waals surface area contributed by atoms with E-state index in [1.165, 1.54) is 0 Å². The monoisotopic (exact) mass is 260 g/mol. The molecule has 2 aromatic heterocycles. The van der Waals surface area contributed by atoms with Crippen molar-refractivity contribution < 1.29 is 4.74 Å². The average molecular weight is 260 g/mol. The van der Waals surface area contributed by atoms with E-state index in [0.717, 1.165) is 35.5 Å². The maximum atomic E-state index is 6.27. The molecule has 0 amide bonds. The van der Waals surface area contributed by atoms with E-state index in [1.807, 2.05) is 17.8 Å². The second-order valence-electron chi connectivity index (χ2n) is 4.53. The smallest absolute Gasteiger partial charge is 0.141 e. The Morgan fingerprint density at radius 2 is 2.26 bits per heavy atom. The van der Waals surface area contributed by atoms with E-state index in [2.05, 4.69) is 23.1 Å². The van der Waals surface area contributed by atoms with Crippen LogP contribution in [0.4, 0.5) is 0 Å². The second-order valence-corrected chi connectivity index (χ2v) is 4.53. The van der Waals surface area contributed by atoms with Crippen molar-refractivity contribution in [2.24, 2.45) is 12.8 Å². The van der Waals surface area contributed by atoms with Gasteiger partial charge >= 0.3 is 0 Å². The van der Waals surface area contributed by atoms with Gasteiger partial charge in [0, 0.05) is 37.0 Å². The number of pyridine rings is 1. The van der Waals surface area contributed by atoms with Gasteiger partial charge in [-0.25, -0.2) is 0 Å². The third-order valence-electron chi connectivity index (χ3n) is 3.25. The highest BCUT2D eigenvalue weighted by Gasteiger charge is 2.15. The van der Waals surface area contributed by atoms with E-state index in [1.54, 1.807) is 19.5 Å². The number of nitrogens with zero attached hydrogens (tertiary/aromatic N) is 3. The number of nitrogens with two attached hydrogens (primary N) is 1. The van der Waals surface area contributed by atoms with Gasteiger partial charge in [0.15, 0.2) is 0 Å². The number of hydrogen-bond acceptors (Lipinski definition) is 4. The van der Waals surface area contributed by atoms with Crippen LogP contribution in [-0.4, -0.2) is 21.9 Å². The van der Waals surface area contributed by atoms with Gasteiger partial charge < -0.3 is 10.5 Å². The molecule has 0 saturated heterocycles. The maximum Gasteiger partial charge on any atom is 0.141 e. The number of ether oxygens (including phenoxy) is 1. The molecule has 102 valence electrons. The minimum atomic E-state index is -0.127. The second kappa shape index (κ2) is 5.84. The zero-order valence-electron chi connectivity index (χ0n) is 11.6. The van der Waals surface area contributed by atoms with Crippen LogP contribution in [0.15, 0.2) is 24.5 Å². The summed E-state index contributed by atoms with van der Waals surface area (Å²) >= 11 is 0. The van der Waals surface area contributed by atoms with E-state index >= 15 is 0 Å². The third-order valence-corrected chi connectivity index (χ3v) is 3.25. The zero-order valence-corrected chi connectivity index (χ0v) is 11.6. The van der Waals surface area contributed by atoms with E-state index in [4.69, 9.17) is 10.5 Å². The summed E-state index contributed by atoms with van der Waals surface area (Å²) in [5, 5.41) is 4.44. The van der Waals surface area contributed by atoms with Gasteiger partial charge in [0.1, 0.15) is 5.75 Å². The molecule has 2 rings (SSSR count). The minimum absolute atomic E-state index is 0.127. The molecule has 0 fully saturated rings. The van der Waals surface area contributed by atoms with Crippen LogP contribution in [0, 0.1) is 0 Å². The van der Waals surface area contributed by atoms with Gasteiger partial charge in [0.05, 0.1) is 19.0 Å². The van der Waals surface area contributed by atoms with Crippen molar-refractivity contribution in [2.75, 3.05) is 7.11 Å². The number of aryl methyl sites for hydroxylation is 2.